The lowest BCUT2D eigenvalue weighted by Crippen LogP contribution is -2.33. The molecule has 0 radical (unpaired) electrons. The number of hydrogen-bond donors (Lipinski definition) is 2. The Morgan fingerprint density at radius 1 is 1.16 bits per heavy atom. The fourth-order valence-electron chi connectivity index (χ4n) is 5.19. The molecule has 2 aliphatic rings. The number of amides is 2. The molecule has 0 spiro atoms. The molecular weight excluding hydrogens is 406 g/mol. The first-order valence-electron chi connectivity index (χ1n) is 11.2. The molecule has 2 heterocycles. The summed E-state index contributed by atoms with van der Waals surface area (Å²) in [5, 5.41) is 5.70. The zero-order valence-corrected chi connectivity index (χ0v) is 18.9. The summed E-state index contributed by atoms with van der Waals surface area (Å²) in [7, 11) is 1.57. The molecule has 1 saturated heterocycles. The smallest absolute Gasteiger partial charge is 0.238 e. The Balaban J connectivity index is 1.36. The van der Waals surface area contributed by atoms with Crippen molar-refractivity contribution in [2.24, 2.45) is 17.8 Å². The summed E-state index contributed by atoms with van der Waals surface area (Å²) < 4.78 is 5.26. The molecule has 1 aliphatic heterocycles. The number of methoxy groups -OCH3 is 1. The molecule has 1 aromatic carbocycles. The molecule has 2 N–H and O–H groups in total. The third-order valence-electron chi connectivity index (χ3n) is 6.56. The second-order valence-corrected chi connectivity index (χ2v) is 8.90. The summed E-state index contributed by atoms with van der Waals surface area (Å²) >= 11 is 0. The van der Waals surface area contributed by atoms with Crippen LogP contribution in [0.2, 0.25) is 0 Å². The summed E-state index contributed by atoms with van der Waals surface area (Å²) in [5.41, 5.74) is 2.22. The van der Waals surface area contributed by atoms with Gasteiger partial charge in [0.2, 0.25) is 11.8 Å². The second-order valence-electron chi connectivity index (χ2n) is 8.90. The van der Waals surface area contributed by atoms with Gasteiger partial charge in [-0.15, -0.1) is 0 Å². The Morgan fingerprint density at radius 3 is 2.75 bits per heavy atom. The average molecular weight is 438 g/mol. The number of likely N-dealkylation sites (tertiary alicyclic amines) is 1. The number of carbonyl (C=O) groups excluding carboxylic acids is 2. The zero-order valence-electron chi connectivity index (χ0n) is 18.9. The highest BCUT2D eigenvalue weighted by atomic mass is 16.5. The molecule has 32 heavy (non-hydrogen) atoms. The van der Waals surface area contributed by atoms with E-state index in [1.807, 2.05) is 19.2 Å². The van der Waals surface area contributed by atoms with Crippen molar-refractivity contribution in [2.75, 3.05) is 37.4 Å². The number of nitrogens with zero attached hydrogens (tertiary/aromatic N) is 3. The Labute approximate surface area is 188 Å². The minimum absolute atomic E-state index is 0.0900. The third-order valence-corrected chi connectivity index (χ3v) is 6.56. The van der Waals surface area contributed by atoms with E-state index in [0.717, 1.165) is 31.0 Å². The quantitative estimate of drug-likeness (QED) is 0.691. The van der Waals surface area contributed by atoms with E-state index >= 15 is 0 Å². The van der Waals surface area contributed by atoms with Crippen LogP contribution in [0.25, 0.3) is 0 Å². The van der Waals surface area contributed by atoms with Crippen molar-refractivity contribution in [3.63, 3.8) is 0 Å². The maximum atomic E-state index is 12.8. The molecule has 2 fully saturated rings. The topological polar surface area (TPSA) is 96.5 Å². The molecule has 3 atom stereocenters. The fourth-order valence-corrected chi connectivity index (χ4v) is 5.19. The average Bonchev–Trinajstić information content (AvgIpc) is 3.30. The number of anilines is 2. The van der Waals surface area contributed by atoms with Crippen molar-refractivity contribution in [3.8, 4) is 5.75 Å². The highest BCUT2D eigenvalue weighted by Crippen LogP contribution is 2.43. The minimum Gasteiger partial charge on any atom is -0.497 e. The van der Waals surface area contributed by atoms with E-state index in [-0.39, 0.29) is 11.8 Å². The number of aromatic nitrogens is 2. The summed E-state index contributed by atoms with van der Waals surface area (Å²) in [6.07, 6.45) is 5.25. The summed E-state index contributed by atoms with van der Waals surface area (Å²) in [6.45, 7) is 5.59. The van der Waals surface area contributed by atoms with Crippen LogP contribution in [0.5, 0.6) is 5.75 Å². The van der Waals surface area contributed by atoms with Gasteiger partial charge >= 0.3 is 0 Å². The lowest BCUT2D eigenvalue weighted by atomic mass is 9.89. The molecule has 1 aliphatic carbocycles. The van der Waals surface area contributed by atoms with Crippen molar-refractivity contribution in [1.29, 1.82) is 0 Å². The van der Waals surface area contributed by atoms with Crippen molar-refractivity contribution in [2.45, 2.75) is 33.1 Å². The molecule has 8 heteroatoms. The van der Waals surface area contributed by atoms with E-state index in [1.165, 1.54) is 19.8 Å². The zero-order chi connectivity index (χ0) is 22.7. The Morgan fingerprint density at radius 2 is 2.00 bits per heavy atom. The standard InChI is InChI=1S/C24H31N5O3/c1-15-25-9-8-19(26-15)10-17-4-5-18-12-29(13-21(17)18)14-24(31)28-23-11-20(32-3)6-7-22(23)27-16(2)30/h6-9,11,17-18,21H,4-5,10,12-14H2,1-3H3,(H,27,30)(H,28,31)/t17-,18-,21-/m1/s1. The molecule has 0 bridgehead atoms. The van der Waals surface area contributed by atoms with Crippen LogP contribution in [-0.4, -0.2) is 53.4 Å². The van der Waals surface area contributed by atoms with Crippen molar-refractivity contribution >= 4 is 23.2 Å². The van der Waals surface area contributed by atoms with E-state index in [4.69, 9.17) is 4.74 Å². The maximum Gasteiger partial charge on any atom is 0.238 e. The predicted molar refractivity (Wildman–Crippen MR) is 123 cm³/mol. The minimum atomic E-state index is -0.192. The molecule has 4 rings (SSSR count). The molecule has 1 saturated carbocycles. The van der Waals surface area contributed by atoms with Crippen LogP contribution in [0.1, 0.15) is 31.3 Å². The molecule has 2 aromatic rings. The molecule has 2 amide bonds. The molecular formula is C24H31N5O3. The van der Waals surface area contributed by atoms with Crippen LogP contribution < -0.4 is 15.4 Å². The van der Waals surface area contributed by atoms with E-state index in [2.05, 4.69) is 25.5 Å². The monoisotopic (exact) mass is 437 g/mol. The van der Waals surface area contributed by atoms with E-state index in [9.17, 15) is 9.59 Å². The van der Waals surface area contributed by atoms with Crippen molar-refractivity contribution in [3.05, 3.63) is 42.0 Å². The third kappa shape index (κ3) is 5.24. The highest BCUT2D eigenvalue weighted by Gasteiger charge is 2.42. The normalized spacial score (nSPS) is 22.4. The predicted octanol–water partition coefficient (Wildman–Crippen LogP) is 2.89. The van der Waals surface area contributed by atoms with Crippen molar-refractivity contribution < 1.29 is 14.3 Å². The first-order valence-corrected chi connectivity index (χ1v) is 11.2. The van der Waals surface area contributed by atoms with E-state index in [0.29, 0.717) is 41.4 Å². The maximum absolute atomic E-state index is 12.8. The molecule has 0 unspecified atom stereocenters. The summed E-state index contributed by atoms with van der Waals surface area (Å²) in [4.78, 5) is 35.3. The molecule has 1 aromatic heterocycles. The van der Waals surface area contributed by atoms with Crippen LogP contribution in [-0.2, 0) is 16.0 Å². The Kier molecular flexibility index (Phi) is 6.69. The number of carbonyl (C=O) groups is 2. The van der Waals surface area contributed by atoms with Gasteiger partial charge in [0.15, 0.2) is 0 Å². The van der Waals surface area contributed by atoms with Gasteiger partial charge in [-0.25, -0.2) is 9.97 Å². The van der Waals surface area contributed by atoms with Crippen LogP contribution in [0.15, 0.2) is 30.5 Å². The van der Waals surface area contributed by atoms with Gasteiger partial charge < -0.3 is 15.4 Å². The van der Waals surface area contributed by atoms with Gasteiger partial charge in [0.1, 0.15) is 11.6 Å². The molecule has 8 nitrogen and oxygen atoms in total. The summed E-state index contributed by atoms with van der Waals surface area (Å²) in [5.74, 6) is 3.00. The fraction of sp³-hybridized carbons (Fsp3) is 0.500. The number of aryl methyl sites for hydroxylation is 1. The highest BCUT2D eigenvalue weighted by molar-refractivity contribution is 5.99. The molecule has 170 valence electrons. The van der Waals surface area contributed by atoms with Crippen LogP contribution in [0, 0.1) is 24.7 Å². The Hall–Kier alpha value is -3.00. The number of ether oxygens (including phenoxy) is 1. The van der Waals surface area contributed by atoms with E-state index in [1.54, 1.807) is 25.3 Å². The van der Waals surface area contributed by atoms with Gasteiger partial charge in [0, 0.05) is 38.0 Å². The van der Waals surface area contributed by atoms with Gasteiger partial charge in [0.05, 0.1) is 25.0 Å². The van der Waals surface area contributed by atoms with E-state index < -0.39 is 0 Å². The lowest BCUT2D eigenvalue weighted by molar-refractivity contribution is -0.117. The first-order chi connectivity index (χ1) is 15.4. The first kappa shape index (κ1) is 22.2. The number of fused-ring (bicyclic) bond motifs is 1. The van der Waals surface area contributed by atoms with Crippen LogP contribution >= 0.6 is 0 Å². The van der Waals surface area contributed by atoms with Gasteiger partial charge in [-0.2, -0.15) is 0 Å². The summed E-state index contributed by atoms with van der Waals surface area (Å²) in [6, 6.07) is 7.22. The van der Waals surface area contributed by atoms with Crippen LogP contribution in [0.4, 0.5) is 11.4 Å². The van der Waals surface area contributed by atoms with Gasteiger partial charge in [-0.1, -0.05) is 0 Å². The van der Waals surface area contributed by atoms with Gasteiger partial charge in [-0.05, 0) is 62.1 Å². The lowest BCUT2D eigenvalue weighted by Gasteiger charge is -2.21. The number of rotatable bonds is 7. The Bertz CT molecular complexity index is 995. The number of hydrogen-bond acceptors (Lipinski definition) is 6. The number of nitrogens with one attached hydrogen (secondary N) is 2. The van der Waals surface area contributed by atoms with Crippen molar-refractivity contribution in [1.82, 2.24) is 14.9 Å². The van der Waals surface area contributed by atoms with Gasteiger partial charge in [-0.3, -0.25) is 14.5 Å². The number of benzene rings is 1. The van der Waals surface area contributed by atoms with Crippen LogP contribution in [0.3, 0.4) is 0 Å². The second kappa shape index (κ2) is 9.65. The van der Waals surface area contributed by atoms with Gasteiger partial charge in [0.25, 0.3) is 0 Å². The SMILES string of the molecule is COc1ccc(NC(C)=O)c(NC(=O)CN2C[C@H]3CC[C@H](Cc4ccnc(C)n4)[C@H]3C2)c1. The largest absolute Gasteiger partial charge is 0.497 e.